The first-order valence-electron chi connectivity index (χ1n) is 21.5. The van der Waals surface area contributed by atoms with Crippen LogP contribution in [0.2, 0.25) is 10.0 Å². The summed E-state index contributed by atoms with van der Waals surface area (Å²) >= 11 is 18.0. The highest BCUT2D eigenvalue weighted by Gasteiger charge is 2.50. The quantitative estimate of drug-likeness (QED) is 0.135. The molecule has 2 aliphatic carbocycles. The third-order valence-electron chi connectivity index (χ3n) is 12.5. The molecule has 4 aromatic carbocycles. The zero-order chi connectivity index (χ0) is 47.4. The first-order chi connectivity index (χ1) is 30.8. The van der Waals surface area contributed by atoms with Crippen LogP contribution in [0.15, 0.2) is 84.3 Å². The fraction of sp³-hybridized carbons (Fsp3) is 0.360. The summed E-state index contributed by atoms with van der Waals surface area (Å²) in [7, 11) is 6.39. The van der Waals surface area contributed by atoms with Crippen LogP contribution in [-0.4, -0.2) is 77.4 Å². The van der Waals surface area contributed by atoms with Crippen molar-refractivity contribution in [3.05, 3.63) is 128 Å². The average molecular weight is 987 g/mol. The lowest BCUT2D eigenvalue weighted by atomic mass is 9.80. The van der Waals surface area contributed by atoms with E-state index in [4.69, 9.17) is 39.5 Å². The van der Waals surface area contributed by atoms with Crippen molar-refractivity contribution >= 4 is 81.6 Å². The number of halogens is 6. The lowest BCUT2D eigenvalue weighted by molar-refractivity contribution is -0.117. The predicted octanol–water partition coefficient (Wildman–Crippen LogP) is 12.6. The number of amides is 4. The molecule has 0 aromatic heterocycles. The molecule has 0 bridgehead atoms. The number of nitrogens with zero attached hydrogens (tertiary/aromatic N) is 2. The summed E-state index contributed by atoms with van der Waals surface area (Å²) in [6, 6.07) is 19.5. The van der Waals surface area contributed by atoms with Gasteiger partial charge < -0.3 is 30.3 Å². The van der Waals surface area contributed by atoms with Gasteiger partial charge in [0.25, 0.3) is 11.8 Å². The van der Waals surface area contributed by atoms with Crippen LogP contribution < -0.4 is 10.6 Å². The van der Waals surface area contributed by atoms with Gasteiger partial charge in [-0.15, -0.1) is 12.4 Å². The monoisotopic (exact) mass is 984 g/mol. The number of aliphatic hydroxyl groups excluding tert-OH is 1. The number of carbonyl (C=O) groups excluding carboxylic acids is 4. The molecule has 3 N–H and O–H groups in total. The van der Waals surface area contributed by atoms with E-state index in [-0.39, 0.29) is 47.2 Å². The number of ether oxygens (including phenoxy) is 1. The molecule has 2 spiro atoms. The number of carbonyl (C=O) groups is 4. The molecule has 0 saturated heterocycles. The Labute approximate surface area is 405 Å². The van der Waals surface area contributed by atoms with E-state index >= 15 is 0 Å². The van der Waals surface area contributed by atoms with E-state index in [1.165, 1.54) is 34.1 Å². The number of benzene rings is 4. The normalized spacial score (nSPS) is 16.9. The van der Waals surface area contributed by atoms with Gasteiger partial charge in [0.1, 0.15) is 23.2 Å². The zero-order valence-electron chi connectivity index (χ0n) is 37.7. The molecule has 10 nitrogen and oxygen atoms in total. The van der Waals surface area contributed by atoms with Crippen LogP contribution in [0, 0.1) is 25.5 Å². The number of hydrogen-bond donors (Lipinski definition) is 3. The molecule has 0 unspecified atom stereocenters. The Bertz CT molecular complexity index is 2550. The third-order valence-corrected chi connectivity index (χ3v) is 13.4. The van der Waals surface area contributed by atoms with E-state index in [1.54, 1.807) is 64.6 Å². The summed E-state index contributed by atoms with van der Waals surface area (Å²) in [4.78, 5) is 51.2. The Balaban J connectivity index is 0.000000220. The highest BCUT2D eigenvalue weighted by molar-refractivity contribution is 6.62. The number of hydrogen-bond acceptors (Lipinski definition) is 6. The zero-order valence-corrected chi connectivity index (χ0v) is 40.8. The Kier molecular flexibility index (Phi) is 17.0. The molecule has 66 heavy (non-hydrogen) atoms. The number of rotatable bonds is 5. The second-order valence-corrected chi connectivity index (χ2v) is 18.4. The Morgan fingerprint density at radius 3 is 1.41 bits per heavy atom. The van der Waals surface area contributed by atoms with E-state index in [0.29, 0.717) is 45.3 Å². The van der Waals surface area contributed by atoms with Gasteiger partial charge in [-0.05, 0) is 121 Å². The summed E-state index contributed by atoms with van der Waals surface area (Å²) in [5.41, 5.74) is 5.16. The van der Waals surface area contributed by atoms with Crippen molar-refractivity contribution < 1.29 is 37.8 Å². The van der Waals surface area contributed by atoms with Gasteiger partial charge in [0.2, 0.25) is 0 Å². The van der Waals surface area contributed by atoms with Crippen molar-refractivity contribution in [1.82, 2.24) is 20.4 Å². The molecule has 2 aliphatic heterocycles. The summed E-state index contributed by atoms with van der Waals surface area (Å²) in [6.45, 7) is 3.75. The molecule has 16 heteroatoms. The van der Waals surface area contributed by atoms with Gasteiger partial charge >= 0.3 is 11.5 Å². The Morgan fingerprint density at radius 2 is 1.00 bits per heavy atom. The molecule has 0 atom stereocenters. The molecule has 4 aromatic rings. The van der Waals surface area contributed by atoms with E-state index in [1.807, 2.05) is 26.0 Å². The lowest BCUT2D eigenvalue weighted by Crippen LogP contribution is -2.47. The topological polar surface area (TPSA) is 128 Å². The van der Waals surface area contributed by atoms with Gasteiger partial charge in [-0.1, -0.05) is 98.1 Å². The van der Waals surface area contributed by atoms with Gasteiger partial charge in [0, 0.05) is 49.4 Å². The summed E-state index contributed by atoms with van der Waals surface area (Å²) in [5, 5.41) is 17.5. The molecule has 2 heterocycles. The fourth-order valence-corrected chi connectivity index (χ4v) is 9.63. The Hall–Kier alpha value is -5.14. The molecule has 2 fully saturated rings. The SMILES string of the molecule is CN(C)C(=O)Cl.Cc1c(-c2ccc(F)cc2)ccc(Cl)c1C1=C(O)C2(CCCCC2)NC1=O.Cc1c(-c2ccc(F)cc2)ccc(Cl)c1C1=C(OC(=O)N(C)C)C2(CCCCC2)NC1=O.Cl. The maximum atomic E-state index is 13.4. The van der Waals surface area contributed by atoms with Crippen molar-refractivity contribution in [1.29, 1.82) is 0 Å². The van der Waals surface area contributed by atoms with E-state index in [0.717, 1.165) is 84.7 Å². The average Bonchev–Trinajstić information content (AvgIpc) is 3.65. The maximum absolute atomic E-state index is 13.4. The van der Waals surface area contributed by atoms with E-state index in [9.17, 15) is 33.1 Å². The highest BCUT2D eigenvalue weighted by atomic mass is 35.5. The van der Waals surface area contributed by atoms with Gasteiger partial charge in [0.05, 0.1) is 22.2 Å². The van der Waals surface area contributed by atoms with Crippen LogP contribution in [0.1, 0.15) is 86.5 Å². The number of aliphatic hydroxyl groups is 1. The molecule has 4 amide bonds. The molecule has 4 aliphatic rings. The minimum atomic E-state index is -0.710. The van der Waals surface area contributed by atoms with Gasteiger partial charge in [-0.3, -0.25) is 14.4 Å². The molecule has 352 valence electrons. The second kappa shape index (κ2) is 21.7. The maximum Gasteiger partial charge on any atom is 0.414 e. The van der Waals surface area contributed by atoms with Crippen molar-refractivity contribution in [3.63, 3.8) is 0 Å². The van der Waals surface area contributed by atoms with Crippen LogP contribution in [0.4, 0.5) is 18.4 Å². The van der Waals surface area contributed by atoms with Crippen molar-refractivity contribution in [3.8, 4) is 22.3 Å². The van der Waals surface area contributed by atoms with Gasteiger partial charge in [0.15, 0.2) is 0 Å². The van der Waals surface area contributed by atoms with E-state index < -0.39 is 22.5 Å². The van der Waals surface area contributed by atoms with Crippen LogP contribution in [0.5, 0.6) is 0 Å². The first-order valence-corrected chi connectivity index (χ1v) is 22.6. The molecule has 8 rings (SSSR count). The van der Waals surface area contributed by atoms with Gasteiger partial charge in [-0.25, -0.2) is 13.6 Å². The van der Waals surface area contributed by atoms with Crippen molar-refractivity contribution in [2.45, 2.75) is 89.1 Å². The molecule has 0 radical (unpaired) electrons. The summed E-state index contributed by atoms with van der Waals surface area (Å²) < 4.78 is 32.6. The Morgan fingerprint density at radius 1 is 0.621 bits per heavy atom. The largest absolute Gasteiger partial charge is 0.509 e. The number of nitrogens with one attached hydrogen (secondary N) is 2. The smallest absolute Gasteiger partial charge is 0.414 e. The van der Waals surface area contributed by atoms with Crippen LogP contribution in [0.3, 0.4) is 0 Å². The van der Waals surface area contributed by atoms with Crippen LogP contribution >= 0.6 is 47.2 Å². The summed E-state index contributed by atoms with van der Waals surface area (Å²) in [6.07, 6.45) is 8.33. The standard InChI is InChI=1S/C25H26ClFN2O3.C22H21ClFNO2.C3H6ClNO.ClH/c1-15-18(16-7-9-17(27)10-8-16)11-12-19(26)20(15)21-22(32-24(31)29(2)3)25(28-23(21)30)13-5-4-6-14-25;1-13-16(14-5-7-15(24)8-6-14)9-10-17(23)18(13)19-20(26)22(25-21(19)27)11-3-2-4-12-22;1-5(2)3(4)6;/h7-12H,4-6,13-14H2,1-3H3,(H,28,30);5-10,26H,2-4,11-12H2,1H3,(H,25,27);1-2H3;1H. The molecular weight excluding hydrogens is 932 g/mol. The second-order valence-electron chi connectivity index (χ2n) is 17.2. The minimum Gasteiger partial charge on any atom is -0.509 e. The van der Waals surface area contributed by atoms with Gasteiger partial charge in [-0.2, -0.15) is 0 Å². The van der Waals surface area contributed by atoms with Crippen molar-refractivity contribution in [2.24, 2.45) is 0 Å². The molecular formula is C50H54Cl4F2N4O6. The van der Waals surface area contributed by atoms with Crippen LogP contribution in [-0.2, 0) is 14.3 Å². The third kappa shape index (κ3) is 10.8. The lowest BCUT2D eigenvalue weighted by Gasteiger charge is -2.35. The highest BCUT2D eigenvalue weighted by Crippen LogP contribution is 2.47. The predicted molar refractivity (Wildman–Crippen MR) is 260 cm³/mol. The fourth-order valence-electron chi connectivity index (χ4n) is 9.03. The minimum absolute atomic E-state index is 0. The summed E-state index contributed by atoms with van der Waals surface area (Å²) in [5.74, 6) is -0.753. The molecule has 2 saturated carbocycles. The van der Waals surface area contributed by atoms with Crippen LogP contribution in [0.25, 0.3) is 33.4 Å². The van der Waals surface area contributed by atoms with E-state index in [2.05, 4.69) is 10.6 Å². The first kappa shape index (κ1) is 51.8. The van der Waals surface area contributed by atoms with Crippen molar-refractivity contribution in [2.75, 3.05) is 28.2 Å².